The van der Waals surface area contributed by atoms with E-state index in [2.05, 4.69) is 0 Å². The Morgan fingerprint density at radius 1 is 0.727 bits per heavy atom. The van der Waals surface area contributed by atoms with Crippen LogP contribution in [0.25, 0.3) is 0 Å². The van der Waals surface area contributed by atoms with E-state index in [0.29, 0.717) is 11.5 Å². The highest BCUT2D eigenvalue weighted by molar-refractivity contribution is 7.99. The quantitative estimate of drug-likeness (QED) is 0.248. The average molecular weight is 180 g/mol. The van der Waals surface area contributed by atoms with Crippen molar-refractivity contribution in [3.05, 3.63) is 0 Å². The van der Waals surface area contributed by atoms with Gasteiger partial charge in [-0.1, -0.05) is 0 Å². The molecule has 0 atom stereocenters. The van der Waals surface area contributed by atoms with Crippen molar-refractivity contribution in [2.45, 2.75) is 11.6 Å². The Kier molecular flexibility index (Phi) is 3.71. The van der Waals surface area contributed by atoms with Crippen molar-refractivity contribution in [1.29, 1.82) is 0 Å². The summed E-state index contributed by atoms with van der Waals surface area (Å²) in [5.74, 6) is -1.65. The second kappa shape index (κ2) is 3.68. The summed E-state index contributed by atoms with van der Waals surface area (Å²) < 4.78 is 0. The Morgan fingerprint density at radius 2 is 1.00 bits per heavy atom. The summed E-state index contributed by atoms with van der Waals surface area (Å²) in [6.07, 6.45) is 0. The zero-order valence-corrected chi connectivity index (χ0v) is 7.10. The first kappa shape index (κ1) is 11.1. The van der Waals surface area contributed by atoms with Crippen LogP contribution in [0.15, 0.2) is 0 Å². The Bertz CT molecular complexity index is 98.7. The van der Waals surface area contributed by atoms with Crippen LogP contribution in [0.2, 0.25) is 0 Å². The van der Waals surface area contributed by atoms with E-state index < -0.39 is 11.6 Å². The molecule has 0 aliphatic carbocycles. The molecule has 0 amide bonds. The van der Waals surface area contributed by atoms with E-state index in [1.165, 1.54) is 11.8 Å². The van der Waals surface area contributed by atoms with Crippen molar-refractivity contribution < 1.29 is 0 Å². The van der Waals surface area contributed by atoms with Gasteiger partial charge < -0.3 is 34.4 Å². The molecule has 12 N–H and O–H groups in total. The van der Waals surface area contributed by atoms with Crippen LogP contribution in [-0.2, 0) is 0 Å². The molecule has 0 unspecified atom stereocenters. The van der Waals surface area contributed by atoms with Crippen LogP contribution in [0, 0.1) is 0 Å². The van der Waals surface area contributed by atoms with Crippen molar-refractivity contribution in [2.75, 3.05) is 11.5 Å². The lowest BCUT2D eigenvalue weighted by Crippen LogP contribution is -2.62. The fourth-order valence-electron chi connectivity index (χ4n) is 0.405. The predicted octanol–water partition coefficient (Wildman–Crippen LogP) is -3.22. The molecule has 0 aromatic rings. The van der Waals surface area contributed by atoms with Gasteiger partial charge >= 0.3 is 0 Å². The molecule has 0 bridgehead atoms. The van der Waals surface area contributed by atoms with Crippen molar-refractivity contribution in [1.82, 2.24) is 0 Å². The van der Waals surface area contributed by atoms with Crippen LogP contribution < -0.4 is 34.4 Å². The monoisotopic (exact) mass is 180 g/mol. The SMILES string of the molecule is NC(N)(N)CSCC(N)(N)N. The zero-order chi connectivity index (χ0) is 9.12. The van der Waals surface area contributed by atoms with Crippen LogP contribution >= 0.6 is 11.8 Å². The van der Waals surface area contributed by atoms with Gasteiger partial charge in [-0.3, -0.25) is 0 Å². The van der Waals surface area contributed by atoms with Gasteiger partial charge in [0.1, 0.15) is 11.6 Å². The Morgan fingerprint density at radius 3 is 1.18 bits per heavy atom. The van der Waals surface area contributed by atoms with Crippen LogP contribution in [0.3, 0.4) is 0 Å². The number of hydrogen-bond donors (Lipinski definition) is 6. The van der Waals surface area contributed by atoms with Crippen molar-refractivity contribution in [3.63, 3.8) is 0 Å². The largest absolute Gasteiger partial charge is 0.301 e. The summed E-state index contributed by atoms with van der Waals surface area (Å²) >= 11 is 1.32. The fourth-order valence-corrected chi connectivity index (χ4v) is 1.21. The zero-order valence-electron chi connectivity index (χ0n) is 6.29. The highest BCUT2D eigenvalue weighted by Crippen LogP contribution is 2.04. The molecular formula is C4H16N6S. The van der Waals surface area contributed by atoms with E-state index in [4.69, 9.17) is 34.4 Å². The molecule has 0 heterocycles. The maximum Gasteiger partial charge on any atom is 0.125 e. The van der Waals surface area contributed by atoms with Crippen LogP contribution in [0.5, 0.6) is 0 Å². The van der Waals surface area contributed by atoms with E-state index in [0.717, 1.165) is 0 Å². The first-order valence-electron chi connectivity index (χ1n) is 3.02. The molecule has 0 aromatic carbocycles. The summed E-state index contributed by atoms with van der Waals surface area (Å²) in [6.45, 7) is 0. The molecule has 68 valence electrons. The summed E-state index contributed by atoms with van der Waals surface area (Å²) in [5, 5.41) is 0. The molecule has 0 saturated heterocycles. The molecule has 0 aliphatic rings. The minimum atomic E-state index is -1.18. The van der Waals surface area contributed by atoms with Gasteiger partial charge in [0.2, 0.25) is 0 Å². The number of thioether (sulfide) groups is 1. The van der Waals surface area contributed by atoms with Gasteiger partial charge in [0, 0.05) is 11.5 Å². The molecule has 7 heteroatoms. The maximum atomic E-state index is 5.28. The van der Waals surface area contributed by atoms with E-state index in [1.54, 1.807) is 0 Å². The summed E-state index contributed by atoms with van der Waals surface area (Å²) in [4.78, 5) is 0. The molecule has 0 aliphatic heterocycles. The normalized spacial score (nSPS) is 13.6. The lowest BCUT2D eigenvalue weighted by Gasteiger charge is -2.22. The summed E-state index contributed by atoms with van der Waals surface area (Å²) in [6, 6.07) is 0. The van der Waals surface area contributed by atoms with Gasteiger partial charge in [-0.2, -0.15) is 11.8 Å². The smallest absolute Gasteiger partial charge is 0.125 e. The van der Waals surface area contributed by atoms with Gasteiger partial charge in [0.25, 0.3) is 0 Å². The predicted molar refractivity (Wildman–Crippen MR) is 47.9 cm³/mol. The number of hydrogen-bond acceptors (Lipinski definition) is 7. The second-order valence-electron chi connectivity index (χ2n) is 2.72. The third-order valence-corrected chi connectivity index (χ3v) is 2.11. The number of nitrogens with two attached hydrogens (primary N) is 6. The van der Waals surface area contributed by atoms with Crippen molar-refractivity contribution in [2.24, 2.45) is 34.4 Å². The average Bonchev–Trinajstić information content (AvgIpc) is 1.55. The third kappa shape index (κ3) is 10.1. The lowest BCUT2D eigenvalue weighted by atomic mass is 10.5. The molecule has 6 nitrogen and oxygen atoms in total. The minimum absolute atomic E-state index is 0.361. The second-order valence-corrected chi connectivity index (χ2v) is 3.70. The van der Waals surface area contributed by atoms with E-state index in [9.17, 15) is 0 Å². The molecular weight excluding hydrogens is 164 g/mol. The minimum Gasteiger partial charge on any atom is -0.301 e. The highest BCUT2D eigenvalue weighted by atomic mass is 32.2. The van der Waals surface area contributed by atoms with Gasteiger partial charge in [0.05, 0.1) is 0 Å². The van der Waals surface area contributed by atoms with Gasteiger partial charge in [-0.05, 0) is 0 Å². The number of rotatable bonds is 4. The Hall–Kier alpha value is 0.110. The molecule has 0 saturated carbocycles. The molecule has 0 fully saturated rings. The Labute approximate surface area is 70.0 Å². The fraction of sp³-hybridized carbons (Fsp3) is 1.00. The van der Waals surface area contributed by atoms with Crippen LogP contribution in [0.4, 0.5) is 0 Å². The van der Waals surface area contributed by atoms with Gasteiger partial charge in [0.15, 0.2) is 0 Å². The van der Waals surface area contributed by atoms with Crippen molar-refractivity contribution in [3.8, 4) is 0 Å². The highest BCUT2D eigenvalue weighted by Gasteiger charge is 2.16. The third-order valence-electron chi connectivity index (χ3n) is 0.704. The Balaban J connectivity index is 3.44. The van der Waals surface area contributed by atoms with Crippen LogP contribution in [0.1, 0.15) is 0 Å². The van der Waals surface area contributed by atoms with Crippen molar-refractivity contribution >= 4 is 11.8 Å². The maximum absolute atomic E-state index is 5.28. The van der Waals surface area contributed by atoms with E-state index in [-0.39, 0.29) is 0 Å². The molecule has 0 spiro atoms. The first-order valence-corrected chi connectivity index (χ1v) is 4.17. The van der Waals surface area contributed by atoms with E-state index in [1.807, 2.05) is 0 Å². The summed E-state index contributed by atoms with van der Waals surface area (Å²) in [5.41, 5.74) is 31.7. The molecule has 0 radical (unpaired) electrons. The standard InChI is InChI=1S/C4H16N6S/c5-3(6,7)1-11-2-4(8,9)10/h1-2,5-10H2. The van der Waals surface area contributed by atoms with Gasteiger partial charge in [-0.25, -0.2) is 0 Å². The van der Waals surface area contributed by atoms with Crippen LogP contribution in [-0.4, -0.2) is 23.1 Å². The van der Waals surface area contributed by atoms with Gasteiger partial charge in [-0.15, -0.1) is 0 Å². The first-order chi connectivity index (χ1) is 4.71. The topological polar surface area (TPSA) is 156 Å². The molecule has 0 rings (SSSR count). The summed E-state index contributed by atoms with van der Waals surface area (Å²) in [7, 11) is 0. The molecule has 0 aromatic heterocycles. The van der Waals surface area contributed by atoms with E-state index >= 15 is 0 Å². The lowest BCUT2D eigenvalue weighted by molar-refractivity contribution is 0.512. The molecule has 11 heavy (non-hydrogen) atoms.